The number of rotatable bonds is 14. The fourth-order valence-electron chi connectivity index (χ4n) is 4.41. The van der Waals surface area contributed by atoms with Crippen molar-refractivity contribution < 1.29 is 26.4 Å². The molecule has 2 rings (SSSR count). The van der Waals surface area contributed by atoms with E-state index in [2.05, 4.69) is 10.1 Å². The number of carbonyl (C=O) groups is 2. The molecule has 9 nitrogen and oxygen atoms in total. The largest absolute Gasteiger partial charge is 0.326 e. The minimum absolute atomic E-state index is 0.101. The lowest BCUT2D eigenvalue weighted by Gasteiger charge is -2.38. The van der Waals surface area contributed by atoms with Gasteiger partial charge >= 0.3 is 0 Å². The summed E-state index contributed by atoms with van der Waals surface area (Å²) in [4.78, 5) is 27.9. The molecular formula is C28H41N3O6S2. The number of nitrogens with one attached hydrogen (secondary N) is 2. The molecule has 0 spiro atoms. The van der Waals surface area contributed by atoms with E-state index in [0.717, 1.165) is 16.8 Å². The molecule has 2 atom stereocenters. The normalized spacial score (nSPS) is 14.4. The van der Waals surface area contributed by atoms with Crippen LogP contribution >= 0.6 is 0 Å². The van der Waals surface area contributed by atoms with Gasteiger partial charge in [0.2, 0.25) is 11.8 Å². The summed E-state index contributed by atoms with van der Waals surface area (Å²) in [6, 6.07) is 14.4. The van der Waals surface area contributed by atoms with Crippen LogP contribution in [0.1, 0.15) is 59.4 Å². The van der Waals surface area contributed by atoms with Crippen LogP contribution in [-0.2, 0) is 35.9 Å². The summed E-state index contributed by atoms with van der Waals surface area (Å²) in [5.74, 6) is -1.07. The van der Waals surface area contributed by atoms with Gasteiger partial charge in [-0.1, -0.05) is 51.1 Å². The fraction of sp³-hybridized carbons (Fsp3) is 0.500. The smallest absolute Gasteiger partial charge is 0.257 e. The second-order valence-electron chi connectivity index (χ2n) is 10.8. The molecule has 2 unspecified atom stereocenters. The Bertz CT molecular complexity index is 1330. The maximum atomic E-state index is 14.2. The van der Waals surface area contributed by atoms with Crippen molar-refractivity contribution in [2.45, 2.75) is 71.2 Å². The van der Waals surface area contributed by atoms with Crippen molar-refractivity contribution in [2.24, 2.45) is 11.3 Å². The van der Waals surface area contributed by atoms with Crippen molar-refractivity contribution in [1.29, 1.82) is 0 Å². The van der Waals surface area contributed by atoms with E-state index in [1.807, 2.05) is 51.1 Å². The number of benzene rings is 2. The number of carbonyl (C=O) groups excluding carboxylic acids is 2. The van der Waals surface area contributed by atoms with Gasteiger partial charge in [-0.2, -0.15) is 0 Å². The highest BCUT2D eigenvalue weighted by molar-refractivity contribution is 7.90. The minimum atomic E-state index is -4.24. The number of hydrogen-bond donors (Lipinski definition) is 2. The van der Waals surface area contributed by atoms with E-state index in [4.69, 9.17) is 0 Å². The van der Waals surface area contributed by atoms with Gasteiger partial charge in [0.25, 0.3) is 10.0 Å². The first-order valence-electron chi connectivity index (χ1n) is 13.0. The van der Waals surface area contributed by atoms with Crippen molar-refractivity contribution in [1.82, 2.24) is 9.84 Å². The summed E-state index contributed by atoms with van der Waals surface area (Å²) in [6.45, 7) is 8.77. The zero-order valence-corrected chi connectivity index (χ0v) is 25.2. The zero-order chi connectivity index (χ0) is 29.4. The lowest BCUT2D eigenvalue weighted by Crippen LogP contribution is -2.58. The lowest BCUT2D eigenvalue weighted by atomic mass is 9.83. The van der Waals surface area contributed by atoms with Crippen molar-refractivity contribution >= 4 is 37.4 Å². The second kappa shape index (κ2) is 13.5. The third kappa shape index (κ3) is 10.1. The molecule has 0 saturated carbocycles. The molecule has 0 radical (unpaired) electrons. The molecule has 0 saturated heterocycles. The van der Waals surface area contributed by atoms with Gasteiger partial charge in [-0.3, -0.25) is 14.6 Å². The predicted molar refractivity (Wildman–Crippen MR) is 154 cm³/mol. The molecule has 2 amide bonds. The molecular weight excluding hydrogens is 538 g/mol. The highest BCUT2D eigenvalue weighted by Gasteiger charge is 2.42. The van der Waals surface area contributed by atoms with E-state index in [0.29, 0.717) is 24.9 Å². The molecule has 2 aromatic carbocycles. The Morgan fingerprint density at radius 3 is 2.05 bits per heavy atom. The summed E-state index contributed by atoms with van der Waals surface area (Å²) in [6.07, 6.45) is 2.75. The van der Waals surface area contributed by atoms with Gasteiger partial charge in [0, 0.05) is 18.9 Å². The molecule has 2 N–H and O–H groups in total. The zero-order valence-electron chi connectivity index (χ0n) is 23.6. The molecule has 0 aliphatic rings. The van der Waals surface area contributed by atoms with Crippen LogP contribution in [-0.4, -0.2) is 51.7 Å². The summed E-state index contributed by atoms with van der Waals surface area (Å²) in [5, 5.41) is 3.71. The molecule has 0 bridgehead atoms. The van der Waals surface area contributed by atoms with Crippen LogP contribution in [0, 0.1) is 11.3 Å². The maximum Gasteiger partial charge on any atom is 0.257 e. The summed E-state index contributed by atoms with van der Waals surface area (Å²) >= 11 is 0. The molecule has 39 heavy (non-hydrogen) atoms. The first-order valence-corrected chi connectivity index (χ1v) is 16.6. The Balaban J connectivity index is 2.55. The molecule has 0 fully saturated rings. The van der Waals surface area contributed by atoms with Crippen LogP contribution in [0.25, 0.3) is 0 Å². The van der Waals surface area contributed by atoms with Crippen LogP contribution in [0.15, 0.2) is 59.5 Å². The quantitative estimate of drug-likeness (QED) is 0.323. The standard InChI is InChI=1S/C28H41N3O6S2/c1-7-25(19-23-11-9-8-10-12-23)31(27(33)28(5,18-17-21(2)3)20-38(6,34)35)30-39(36,37)26-15-13-24(14-16-26)29-22(4)32/h8-16,21,25,30H,7,17-20H2,1-6H3,(H,29,32). The van der Waals surface area contributed by atoms with E-state index in [1.54, 1.807) is 6.92 Å². The molecule has 0 heterocycles. The fourth-order valence-corrected chi connectivity index (χ4v) is 6.92. The Morgan fingerprint density at radius 2 is 1.56 bits per heavy atom. The van der Waals surface area contributed by atoms with Crippen molar-refractivity contribution in [3.8, 4) is 0 Å². The average molecular weight is 580 g/mol. The Kier molecular flexibility index (Phi) is 11.3. The molecule has 0 aliphatic carbocycles. The van der Waals surface area contributed by atoms with E-state index in [9.17, 15) is 26.4 Å². The molecule has 0 aliphatic heterocycles. The highest BCUT2D eigenvalue weighted by Crippen LogP contribution is 2.32. The Labute approximate surface area is 233 Å². The number of hydrogen-bond acceptors (Lipinski definition) is 6. The third-order valence-electron chi connectivity index (χ3n) is 6.44. The number of anilines is 1. The van der Waals surface area contributed by atoms with Gasteiger partial charge in [0.1, 0.15) is 9.84 Å². The van der Waals surface area contributed by atoms with Crippen LogP contribution < -0.4 is 10.1 Å². The van der Waals surface area contributed by atoms with Crippen molar-refractivity contribution in [3.63, 3.8) is 0 Å². The Morgan fingerprint density at radius 1 is 0.974 bits per heavy atom. The molecule has 216 valence electrons. The van der Waals surface area contributed by atoms with E-state index >= 15 is 0 Å². The molecule has 2 aromatic rings. The predicted octanol–water partition coefficient (Wildman–Crippen LogP) is 4.18. The van der Waals surface area contributed by atoms with E-state index in [1.165, 1.54) is 31.2 Å². The van der Waals surface area contributed by atoms with Gasteiger partial charge in [0.15, 0.2) is 0 Å². The maximum absolute atomic E-state index is 14.2. The van der Waals surface area contributed by atoms with Gasteiger partial charge in [0.05, 0.1) is 22.1 Å². The monoisotopic (exact) mass is 579 g/mol. The van der Waals surface area contributed by atoms with E-state index < -0.39 is 43.0 Å². The van der Waals surface area contributed by atoms with Gasteiger partial charge in [-0.15, -0.1) is 4.83 Å². The summed E-state index contributed by atoms with van der Waals surface area (Å²) < 4.78 is 51.9. The summed E-state index contributed by atoms with van der Waals surface area (Å²) in [5.41, 5.74) is -0.00737. The Hall–Kier alpha value is -2.76. The summed E-state index contributed by atoms with van der Waals surface area (Å²) in [7, 11) is -7.81. The first-order chi connectivity index (χ1) is 18.1. The average Bonchev–Trinajstić information content (AvgIpc) is 2.84. The third-order valence-corrected chi connectivity index (χ3v) is 8.93. The number of amides is 2. The van der Waals surface area contributed by atoms with Crippen molar-refractivity contribution in [3.05, 3.63) is 60.2 Å². The lowest BCUT2D eigenvalue weighted by molar-refractivity contribution is -0.145. The minimum Gasteiger partial charge on any atom is -0.326 e. The van der Waals surface area contributed by atoms with Crippen LogP contribution in [0.4, 0.5) is 5.69 Å². The van der Waals surface area contributed by atoms with Gasteiger partial charge < -0.3 is 5.32 Å². The number of sulfonamides is 1. The van der Waals surface area contributed by atoms with Crippen LogP contribution in [0.5, 0.6) is 0 Å². The van der Waals surface area contributed by atoms with Gasteiger partial charge in [-0.25, -0.2) is 16.8 Å². The van der Waals surface area contributed by atoms with E-state index in [-0.39, 0.29) is 23.1 Å². The molecule has 0 aromatic heterocycles. The van der Waals surface area contributed by atoms with Crippen LogP contribution in [0.3, 0.4) is 0 Å². The van der Waals surface area contributed by atoms with Crippen LogP contribution in [0.2, 0.25) is 0 Å². The number of sulfone groups is 1. The number of nitrogens with zero attached hydrogens (tertiary/aromatic N) is 1. The number of hydrazine groups is 1. The second-order valence-corrected chi connectivity index (χ2v) is 14.6. The SMILES string of the molecule is CCC(Cc1ccccc1)N(NS(=O)(=O)c1ccc(NC(C)=O)cc1)C(=O)C(C)(CCC(C)C)CS(C)(=O)=O. The van der Waals surface area contributed by atoms with Gasteiger partial charge in [-0.05, 0) is 68.4 Å². The molecule has 11 heteroatoms. The first kappa shape index (κ1) is 32.5. The van der Waals surface area contributed by atoms with Crippen molar-refractivity contribution in [2.75, 3.05) is 17.3 Å². The topological polar surface area (TPSA) is 130 Å². The highest BCUT2D eigenvalue weighted by atomic mass is 32.2.